The summed E-state index contributed by atoms with van der Waals surface area (Å²) < 4.78 is 28.5. The van der Waals surface area contributed by atoms with Crippen LogP contribution in [0.2, 0.25) is 0 Å². The number of hydrogen-bond donors (Lipinski definition) is 1. The molecule has 0 aliphatic carbocycles. The molecule has 6 nitrogen and oxygen atoms in total. The molecule has 1 N–H and O–H groups in total. The highest BCUT2D eigenvalue weighted by Gasteiger charge is 2.07. The van der Waals surface area contributed by atoms with Crippen LogP contribution in [0, 0.1) is 6.92 Å². The van der Waals surface area contributed by atoms with Crippen molar-refractivity contribution in [1.29, 1.82) is 0 Å². The average Bonchev–Trinajstić information content (AvgIpc) is 3.01. The highest BCUT2D eigenvalue weighted by atomic mass is 32.2. The molecule has 122 valence electrons. The van der Waals surface area contributed by atoms with Gasteiger partial charge in [0.15, 0.2) is 0 Å². The Balaban J connectivity index is 1.73. The Hall–Kier alpha value is -2.93. The molecular formula is C17H16N4O2S. The van der Waals surface area contributed by atoms with Gasteiger partial charge in [0.25, 0.3) is 10.0 Å². The largest absolute Gasteiger partial charge is 0.288 e. The van der Waals surface area contributed by atoms with Crippen LogP contribution in [-0.4, -0.2) is 23.0 Å². The fourth-order valence-electron chi connectivity index (χ4n) is 2.14. The lowest BCUT2D eigenvalue weighted by Gasteiger charge is -2.07. The number of pyridine rings is 1. The van der Waals surface area contributed by atoms with E-state index in [4.69, 9.17) is 0 Å². The first-order valence-corrected chi connectivity index (χ1v) is 8.80. The maximum Gasteiger partial charge on any atom is 0.255 e. The topological polar surface area (TPSA) is 76.9 Å². The first kappa shape index (κ1) is 15.9. The van der Waals surface area contributed by atoms with Crippen LogP contribution in [0.3, 0.4) is 0 Å². The van der Waals surface area contributed by atoms with Crippen molar-refractivity contribution >= 4 is 21.8 Å². The third-order valence-electron chi connectivity index (χ3n) is 3.32. The van der Waals surface area contributed by atoms with E-state index in [0.29, 0.717) is 11.5 Å². The number of nitrogens with one attached hydrogen (secondary N) is 1. The number of rotatable bonds is 5. The Labute approximate surface area is 140 Å². The number of aromatic nitrogens is 3. The van der Waals surface area contributed by atoms with Crippen LogP contribution in [0.25, 0.3) is 11.9 Å². The Morgan fingerprint density at radius 1 is 1.08 bits per heavy atom. The summed E-state index contributed by atoms with van der Waals surface area (Å²) in [6, 6.07) is 12.6. The van der Waals surface area contributed by atoms with E-state index >= 15 is 0 Å². The number of hydrogen-bond acceptors (Lipinski definition) is 4. The number of anilines is 1. The summed E-state index contributed by atoms with van der Waals surface area (Å²) in [5.74, 6) is 1.48. The minimum atomic E-state index is -3.60. The third-order valence-corrected chi connectivity index (χ3v) is 4.33. The third kappa shape index (κ3) is 3.88. The molecule has 0 amide bonds. The first-order valence-electron chi connectivity index (χ1n) is 7.26. The lowest BCUT2D eigenvalue weighted by atomic mass is 10.2. The predicted molar refractivity (Wildman–Crippen MR) is 94.1 cm³/mol. The average molecular weight is 340 g/mol. The van der Waals surface area contributed by atoms with Gasteiger partial charge in [0.05, 0.1) is 17.3 Å². The molecule has 1 aromatic carbocycles. The maximum absolute atomic E-state index is 12.1. The molecule has 2 heterocycles. The van der Waals surface area contributed by atoms with Crippen molar-refractivity contribution in [2.45, 2.75) is 6.92 Å². The van der Waals surface area contributed by atoms with Crippen molar-refractivity contribution in [3.05, 3.63) is 77.9 Å². The minimum Gasteiger partial charge on any atom is -0.288 e. The van der Waals surface area contributed by atoms with Gasteiger partial charge in [0.2, 0.25) is 0 Å². The van der Waals surface area contributed by atoms with E-state index in [2.05, 4.69) is 14.7 Å². The molecule has 0 spiro atoms. The molecule has 3 aromatic rings. The predicted octanol–water partition coefficient (Wildman–Crippen LogP) is 2.99. The standard InChI is InChI=1S/C17H16N4O2S/c1-14-18-10-11-21(14)17-8-7-16(13-19-17)20-24(22,23)12-9-15-5-3-2-4-6-15/h2-13,20H,1H3/b12-9-. The van der Waals surface area contributed by atoms with Crippen LogP contribution in [-0.2, 0) is 10.0 Å². The zero-order chi connectivity index (χ0) is 17.0. The molecule has 0 saturated heterocycles. The molecule has 0 saturated carbocycles. The number of sulfonamides is 1. The van der Waals surface area contributed by atoms with Crippen molar-refractivity contribution in [1.82, 2.24) is 14.5 Å². The molecule has 0 aliphatic rings. The van der Waals surface area contributed by atoms with E-state index < -0.39 is 10.0 Å². The quantitative estimate of drug-likeness (QED) is 0.774. The Morgan fingerprint density at radius 2 is 1.88 bits per heavy atom. The van der Waals surface area contributed by atoms with E-state index in [1.807, 2.05) is 41.8 Å². The van der Waals surface area contributed by atoms with Crippen LogP contribution in [0.15, 0.2) is 66.5 Å². The van der Waals surface area contributed by atoms with Gasteiger partial charge in [-0.15, -0.1) is 0 Å². The van der Waals surface area contributed by atoms with Crippen LogP contribution in [0.4, 0.5) is 5.69 Å². The molecule has 0 atom stereocenters. The second-order valence-electron chi connectivity index (χ2n) is 5.11. The Morgan fingerprint density at radius 3 is 2.50 bits per heavy atom. The molecule has 2 aromatic heterocycles. The Kier molecular flexibility index (Phi) is 4.43. The Bertz CT molecular complexity index is 946. The summed E-state index contributed by atoms with van der Waals surface area (Å²) >= 11 is 0. The van der Waals surface area contributed by atoms with Crippen molar-refractivity contribution in [3.63, 3.8) is 0 Å². The van der Waals surface area contributed by atoms with Crippen LogP contribution < -0.4 is 4.72 Å². The van der Waals surface area contributed by atoms with Gasteiger partial charge in [-0.2, -0.15) is 0 Å². The number of nitrogens with zero attached hydrogens (tertiary/aromatic N) is 3. The fourth-order valence-corrected chi connectivity index (χ4v) is 2.99. The summed E-state index contributed by atoms with van der Waals surface area (Å²) in [4.78, 5) is 8.39. The zero-order valence-corrected chi connectivity index (χ0v) is 13.8. The summed E-state index contributed by atoms with van der Waals surface area (Å²) in [5.41, 5.74) is 1.21. The van der Waals surface area contributed by atoms with Gasteiger partial charge in [0, 0.05) is 12.4 Å². The van der Waals surface area contributed by atoms with Gasteiger partial charge in [-0.25, -0.2) is 18.4 Å². The monoisotopic (exact) mass is 340 g/mol. The molecule has 0 radical (unpaired) electrons. The first-order chi connectivity index (χ1) is 11.5. The van der Waals surface area contributed by atoms with Crippen molar-refractivity contribution in [2.24, 2.45) is 0 Å². The molecule has 24 heavy (non-hydrogen) atoms. The van der Waals surface area contributed by atoms with Gasteiger partial charge < -0.3 is 0 Å². The lowest BCUT2D eigenvalue weighted by Crippen LogP contribution is -2.09. The summed E-state index contributed by atoms with van der Waals surface area (Å²) in [6.45, 7) is 1.87. The maximum atomic E-state index is 12.1. The summed E-state index contributed by atoms with van der Waals surface area (Å²) in [5, 5.41) is 1.14. The van der Waals surface area contributed by atoms with E-state index in [1.165, 1.54) is 6.20 Å². The van der Waals surface area contributed by atoms with Gasteiger partial charge in [0.1, 0.15) is 11.6 Å². The van der Waals surface area contributed by atoms with Gasteiger partial charge in [-0.05, 0) is 30.7 Å². The van der Waals surface area contributed by atoms with Gasteiger partial charge in [-0.1, -0.05) is 30.3 Å². The number of aryl methyl sites for hydroxylation is 1. The highest BCUT2D eigenvalue weighted by molar-refractivity contribution is 7.95. The zero-order valence-electron chi connectivity index (χ0n) is 13.0. The molecule has 0 fully saturated rings. The summed E-state index contributed by atoms with van der Waals surface area (Å²) in [6.07, 6.45) is 6.49. The molecule has 3 rings (SSSR count). The second-order valence-corrected chi connectivity index (χ2v) is 6.68. The second kappa shape index (κ2) is 6.67. The van der Waals surface area contributed by atoms with E-state index in [9.17, 15) is 8.42 Å². The fraction of sp³-hybridized carbons (Fsp3) is 0.0588. The minimum absolute atomic E-state index is 0.397. The van der Waals surface area contributed by atoms with E-state index in [-0.39, 0.29) is 0 Å². The molecular weight excluding hydrogens is 324 g/mol. The van der Waals surface area contributed by atoms with Crippen molar-refractivity contribution in [3.8, 4) is 5.82 Å². The van der Waals surface area contributed by atoms with Crippen LogP contribution in [0.5, 0.6) is 0 Å². The van der Waals surface area contributed by atoms with Crippen LogP contribution in [0.1, 0.15) is 11.4 Å². The normalized spacial score (nSPS) is 11.7. The molecule has 0 unspecified atom stereocenters. The SMILES string of the molecule is Cc1nccn1-c1ccc(NS(=O)(=O)/C=C\c2ccccc2)cn1. The van der Waals surface area contributed by atoms with Crippen molar-refractivity contribution < 1.29 is 8.42 Å². The number of benzene rings is 1. The van der Waals surface area contributed by atoms with E-state index in [1.54, 1.807) is 30.6 Å². The number of imidazole rings is 1. The van der Waals surface area contributed by atoms with Crippen LogP contribution >= 0.6 is 0 Å². The van der Waals surface area contributed by atoms with E-state index in [0.717, 1.165) is 16.8 Å². The van der Waals surface area contributed by atoms with Gasteiger partial charge >= 0.3 is 0 Å². The van der Waals surface area contributed by atoms with Crippen molar-refractivity contribution in [2.75, 3.05) is 4.72 Å². The lowest BCUT2D eigenvalue weighted by molar-refractivity contribution is 0.609. The molecule has 7 heteroatoms. The highest BCUT2D eigenvalue weighted by Crippen LogP contribution is 2.13. The van der Waals surface area contributed by atoms with Gasteiger partial charge in [-0.3, -0.25) is 9.29 Å². The smallest absolute Gasteiger partial charge is 0.255 e. The molecule has 0 bridgehead atoms. The summed E-state index contributed by atoms with van der Waals surface area (Å²) in [7, 11) is -3.60. The molecule has 0 aliphatic heterocycles.